The molecule has 1 aliphatic carbocycles. The lowest BCUT2D eigenvalue weighted by Gasteiger charge is -2.30. The first-order valence-electron chi connectivity index (χ1n) is 7.53. The van der Waals surface area contributed by atoms with Gasteiger partial charge in [-0.2, -0.15) is 13.2 Å². The molecule has 1 saturated carbocycles. The minimum Gasteiger partial charge on any atom is -0.380 e. The van der Waals surface area contributed by atoms with E-state index in [0.29, 0.717) is 5.92 Å². The summed E-state index contributed by atoms with van der Waals surface area (Å²) in [6, 6.07) is 2.59. The second-order valence-electron chi connectivity index (χ2n) is 5.84. The summed E-state index contributed by atoms with van der Waals surface area (Å²) >= 11 is 0. The highest BCUT2D eigenvalue weighted by Crippen LogP contribution is 2.34. The molecule has 0 spiro atoms. The highest BCUT2D eigenvalue weighted by atomic mass is 19.4. The predicted octanol–water partition coefficient (Wildman–Crippen LogP) is 5.62. The lowest BCUT2D eigenvalue weighted by Crippen LogP contribution is -2.26. The van der Waals surface area contributed by atoms with Gasteiger partial charge in [0.1, 0.15) is 5.82 Å². The van der Waals surface area contributed by atoms with Gasteiger partial charge in [0.05, 0.1) is 11.3 Å². The van der Waals surface area contributed by atoms with Gasteiger partial charge in [-0.1, -0.05) is 19.8 Å². The number of alkyl halides is 3. The number of hydrogen-bond donors (Lipinski definition) is 1. The highest BCUT2D eigenvalue weighted by Gasteiger charge is 2.31. The van der Waals surface area contributed by atoms with Crippen molar-refractivity contribution in [1.29, 1.82) is 0 Å². The topological polar surface area (TPSA) is 12.0 Å². The summed E-state index contributed by atoms with van der Waals surface area (Å²) in [6.07, 6.45) is 1.82. The number of rotatable bonds is 4. The van der Waals surface area contributed by atoms with Gasteiger partial charge in [-0.05, 0) is 49.8 Å². The van der Waals surface area contributed by atoms with Crippen LogP contribution >= 0.6 is 0 Å². The van der Waals surface area contributed by atoms with Crippen molar-refractivity contribution in [1.82, 2.24) is 0 Å². The van der Waals surface area contributed by atoms with E-state index in [0.717, 1.165) is 50.3 Å². The van der Waals surface area contributed by atoms with Crippen LogP contribution in [0.25, 0.3) is 0 Å². The Kier molecular flexibility index (Phi) is 5.12. The first kappa shape index (κ1) is 16.1. The fourth-order valence-corrected chi connectivity index (χ4v) is 3.04. The van der Waals surface area contributed by atoms with E-state index >= 15 is 0 Å². The Morgan fingerprint density at radius 3 is 2.38 bits per heavy atom. The minimum absolute atomic E-state index is 0.0382. The number of halogens is 4. The van der Waals surface area contributed by atoms with Gasteiger partial charge in [0.15, 0.2) is 0 Å². The van der Waals surface area contributed by atoms with Crippen LogP contribution in [0.1, 0.15) is 51.0 Å². The summed E-state index contributed by atoms with van der Waals surface area (Å²) in [6.45, 7) is 2.16. The number of nitrogens with one attached hydrogen (secondary N) is 1. The second kappa shape index (κ2) is 6.67. The summed E-state index contributed by atoms with van der Waals surface area (Å²) in [5, 5.41) is 2.95. The van der Waals surface area contributed by atoms with Crippen LogP contribution in [-0.2, 0) is 6.18 Å². The van der Waals surface area contributed by atoms with E-state index in [-0.39, 0.29) is 11.7 Å². The molecule has 0 bridgehead atoms. The SMILES string of the molecule is CCCC1CCC(Nc2cc(C(F)(F)F)ccc2F)CC1. The molecule has 1 nitrogen and oxygen atoms in total. The van der Waals surface area contributed by atoms with Crippen LogP contribution in [-0.4, -0.2) is 6.04 Å². The summed E-state index contributed by atoms with van der Waals surface area (Å²) in [5.41, 5.74) is -0.852. The zero-order chi connectivity index (χ0) is 15.5. The third kappa shape index (κ3) is 4.35. The molecule has 21 heavy (non-hydrogen) atoms. The molecule has 1 N–H and O–H groups in total. The van der Waals surface area contributed by atoms with Gasteiger partial charge < -0.3 is 5.32 Å². The van der Waals surface area contributed by atoms with Crippen molar-refractivity contribution in [2.75, 3.05) is 5.32 Å². The van der Waals surface area contributed by atoms with Crippen LogP contribution in [0, 0.1) is 11.7 Å². The van der Waals surface area contributed by atoms with Crippen molar-refractivity contribution in [3.8, 4) is 0 Å². The lowest BCUT2D eigenvalue weighted by molar-refractivity contribution is -0.137. The molecule has 5 heteroatoms. The molecule has 0 aromatic heterocycles. The van der Waals surface area contributed by atoms with Crippen LogP contribution in [0.15, 0.2) is 18.2 Å². The zero-order valence-corrected chi connectivity index (χ0v) is 12.1. The first-order valence-corrected chi connectivity index (χ1v) is 7.53. The largest absolute Gasteiger partial charge is 0.416 e. The van der Waals surface area contributed by atoms with Gasteiger partial charge in [0.2, 0.25) is 0 Å². The molecule has 0 heterocycles. The van der Waals surface area contributed by atoms with Gasteiger partial charge in [-0.3, -0.25) is 0 Å². The van der Waals surface area contributed by atoms with Crippen molar-refractivity contribution in [2.24, 2.45) is 5.92 Å². The average molecular weight is 303 g/mol. The maximum absolute atomic E-state index is 13.7. The van der Waals surface area contributed by atoms with Crippen molar-refractivity contribution in [3.05, 3.63) is 29.6 Å². The number of benzene rings is 1. The van der Waals surface area contributed by atoms with Crippen LogP contribution in [0.3, 0.4) is 0 Å². The molecule has 0 aliphatic heterocycles. The Morgan fingerprint density at radius 1 is 1.14 bits per heavy atom. The molecule has 0 saturated heterocycles. The van der Waals surface area contributed by atoms with Crippen molar-refractivity contribution >= 4 is 5.69 Å². The third-order valence-corrected chi connectivity index (χ3v) is 4.20. The van der Waals surface area contributed by atoms with Crippen LogP contribution < -0.4 is 5.32 Å². The Balaban J connectivity index is 2.00. The molecule has 2 rings (SSSR count). The molecule has 1 aliphatic rings. The summed E-state index contributed by atoms with van der Waals surface area (Å²) < 4.78 is 51.7. The Morgan fingerprint density at radius 2 is 1.81 bits per heavy atom. The van der Waals surface area contributed by atoms with Gasteiger partial charge in [-0.15, -0.1) is 0 Å². The van der Waals surface area contributed by atoms with Crippen molar-refractivity contribution < 1.29 is 17.6 Å². The normalized spacial score (nSPS) is 23.1. The molecule has 1 aromatic rings. The zero-order valence-electron chi connectivity index (χ0n) is 12.1. The molecule has 0 radical (unpaired) electrons. The number of hydrogen-bond acceptors (Lipinski definition) is 1. The van der Waals surface area contributed by atoms with Crippen LogP contribution in [0.4, 0.5) is 23.2 Å². The molecule has 0 amide bonds. The van der Waals surface area contributed by atoms with E-state index in [2.05, 4.69) is 12.2 Å². The molecule has 0 atom stereocenters. The molecule has 1 aromatic carbocycles. The first-order chi connectivity index (χ1) is 9.90. The summed E-state index contributed by atoms with van der Waals surface area (Å²) in [7, 11) is 0. The fraction of sp³-hybridized carbons (Fsp3) is 0.625. The van der Waals surface area contributed by atoms with Crippen LogP contribution in [0.2, 0.25) is 0 Å². The molecule has 118 valence electrons. The Hall–Kier alpha value is -1.26. The Labute approximate surface area is 122 Å². The van der Waals surface area contributed by atoms with E-state index in [4.69, 9.17) is 0 Å². The molecule has 1 fully saturated rings. The summed E-state index contributed by atoms with van der Waals surface area (Å²) in [4.78, 5) is 0. The molecular formula is C16H21F4N. The van der Waals surface area contributed by atoms with Gasteiger partial charge in [0, 0.05) is 6.04 Å². The molecular weight excluding hydrogens is 282 g/mol. The molecule has 0 unspecified atom stereocenters. The average Bonchev–Trinajstić information content (AvgIpc) is 2.42. The van der Waals surface area contributed by atoms with Gasteiger partial charge in [-0.25, -0.2) is 4.39 Å². The van der Waals surface area contributed by atoms with E-state index in [9.17, 15) is 17.6 Å². The van der Waals surface area contributed by atoms with E-state index in [1.807, 2.05) is 0 Å². The maximum atomic E-state index is 13.7. The fourth-order valence-electron chi connectivity index (χ4n) is 3.04. The number of anilines is 1. The lowest BCUT2D eigenvalue weighted by atomic mass is 9.83. The van der Waals surface area contributed by atoms with Gasteiger partial charge >= 0.3 is 6.18 Å². The van der Waals surface area contributed by atoms with Crippen molar-refractivity contribution in [3.63, 3.8) is 0 Å². The standard InChI is InChI=1S/C16H21F4N/c1-2-3-11-4-7-13(8-5-11)21-15-10-12(16(18,19)20)6-9-14(15)17/h6,9-11,13,21H,2-5,7-8H2,1H3. The van der Waals surface area contributed by atoms with E-state index < -0.39 is 17.6 Å². The van der Waals surface area contributed by atoms with Crippen molar-refractivity contribution in [2.45, 2.75) is 57.7 Å². The quantitative estimate of drug-likeness (QED) is 0.712. The second-order valence-corrected chi connectivity index (χ2v) is 5.84. The van der Waals surface area contributed by atoms with E-state index in [1.54, 1.807) is 0 Å². The smallest absolute Gasteiger partial charge is 0.380 e. The predicted molar refractivity (Wildman–Crippen MR) is 75.7 cm³/mol. The maximum Gasteiger partial charge on any atom is 0.416 e. The highest BCUT2D eigenvalue weighted by molar-refractivity contribution is 5.48. The minimum atomic E-state index is -4.44. The van der Waals surface area contributed by atoms with Gasteiger partial charge in [0.25, 0.3) is 0 Å². The monoisotopic (exact) mass is 303 g/mol. The summed E-state index contributed by atoms with van der Waals surface area (Å²) in [5.74, 6) is 0.0816. The van der Waals surface area contributed by atoms with Crippen LogP contribution in [0.5, 0.6) is 0 Å². The third-order valence-electron chi connectivity index (χ3n) is 4.20. The Bertz CT molecular complexity index is 462. The van der Waals surface area contributed by atoms with E-state index in [1.165, 1.54) is 6.42 Å².